The van der Waals surface area contributed by atoms with Crippen molar-refractivity contribution in [1.29, 1.82) is 0 Å². The summed E-state index contributed by atoms with van der Waals surface area (Å²) < 4.78 is 0. The van der Waals surface area contributed by atoms with E-state index in [9.17, 15) is 0 Å². The molecule has 2 fully saturated rings. The summed E-state index contributed by atoms with van der Waals surface area (Å²) in [5.41, 5.74) is 4.86. The van der Waals surface area contributed by atoms with E-state index in [1.54, 1.807) is 0 Å². The van der Waals surface area contributed by atoms with Gasteiger partial charge in [0.25, 0.3) is 0 Å². The van der Waals surface area contributed by atoms with Crippen molar-refractivity contribution in [2.45, 2.75) is 45.4 Å². The van der Waals surface area contributed by atoms with Gasteiger partial charge in [-0.1, -0.05) is 87.0 Å². The molecular weight excluding hydrogens is 388 g/mol. The average molecular weight is 423 g/mol. The van der Waals surface area contributed by atoms with Crippen molar-refractivity contribution in [1.82, 2.24) is 10.2 Å². The van der Waals surface area contributed by atoms with Gasteiger partial charge in [-0.25, -0.2) is 0 Å². The summed E-state index contributed by atoms with van der Waals surface area (Å²) in [6, 6.07) is 10.3. The Morgan fingerprint density at radius 2 is 1.80 bits per heavy atom. The molecule has 1 heterocycles. The van der Waals surface area contributed by atoms with Gasteiger partial charge >= 0.3 is 0 Å². The fraction of sp³-hybridized carbons (Fsp3) is 0.407. The van der Waals surface area contributed by atoms with Crippen molar-refractivity contribution < 1.29 is 0 Å². The van der Waals surface area contributed by atoms with Gasteiger partial charge in [-0.15, -0.1) is 0 Å². The lowest BCUT2D eigenvalue weighted by Crippen LogP contribution is -2.41. The Labute approximate surface area is 187 Å². The van der Waals surface area contributed by atoms with Crippen LogP contribution >= 0.6 is 11.6 Å². The van der Waals surface area contributed by atoms with Crippen molar-refractivity contribution in [3.05, 3.63) is 95.5 Å². The summed E-state index contributed by atoms with van der Waals surface area (Å²) in [5.74, 6) is 1.71. The van der Waals surface area contributed by atoms with E-state index in [1.165, 1.54) is 37.7 Å². The number of piperidine rings is 1. The van der Waals surface area contributed by atoms with Crippen molar-refractivity contribution in [2.24, 2.45) is 11.8 Å². The molecule has 1 aromatic carbocycles. The van der Waals surface area contributed by atoms with Crippen molar-refractivity contribution >= 4 is 11.6 Å². The highest BCUT2D eigenvalue weighted by atomic mass is 35.5. The van der Waals surface area contributed by atoms with Gasteiger partial charge in [0.2, 0.25) is 0 Å². The number of halogens is 1. The smallest absolute Gasteiger partial charge is 0.0516 e. The molecule has 2 aliphatic rings. The SMILES string of the molecule is C=C(/C=C(Cl)\C(=C/C)C(=C)N1CCC2CCCCC2C1)NC(=C)Cc1ccccc1. The van der Waals surface area contributed by atoms with E-state index in [4.69, 9.17) is 11.6 Å². The molecule has 160 valence electrons. The lowest BCUT2D eigenvalue weighted by Gasteiger charge is -2.43. The van der Waals surface area contributed by atoms with E-state index in [0.29, 0.717) is 5.03 Å². The predicted octanol–water partition coefficient (Wildman–Crippen LogP) is 6.94. The normalized spacial score (nSPS) is 22.3. The number of hydrogen-bond donors (Lipinski definition) is 1. The van der Waals surface area contributed by atoms with Gasteiger partial charge in [-0.05, 0) is 43.2 Å². The van der Waals surface area contributed by atoms with Crippen LogP contribution in [0.1, 0.15) is 44.6 Å². The minimum atomic E-state index is 0.665. The van der Waals surface area contributed by atoms with Gasteiger partial charge in [0, 0.05) is 42.2 Å². The monoisotopic (exact) mass is 422 g/mol. The Hall–Kier alpha value is -2.19. The van der Waals surface area contributed by atoms with Crippen LogP contribution in [0.3, 0.4) is 0 Å². The van der Waals surface area contributed by atoms with E-state index in [0.717, 1.165) is 54.0 Å². The Morgan fingerprint density at radius 3 is 2.50 bits per heavy atom. The molecule has 2 atom stereocenters. The summed E-state index contributed by atoms with van der Waals surface area (Å²) >= 11 is 6.71. The van der Waals surface area contributed by atoms with Gasteiger partial charge in [-0.3, -0.25) is 0 Å². The lowest BCUT2D eigenvalue weighted by atomic mass is 9.75. The van der Waals surface area contributed by atoms with Crippen LogP contribution in [0, 0.1) is 11.8 Å². The Bertz CT molecular complexity index is 834. The molecule has 0 amide bonds. The molecule has 1 aliphatic carbocycles. The maximum atomic E-state index is 6.71. The molecule has 0 radical (unpaired) electrons. The molecule has 0 spiro atoms. The minimum absolute atomic E-state index is 0.665. The molecule has 1 N–H and O–H groups in total. The summed E-state index contributed by atoms with van der Waals surface area (Å²) in [6.45, 7) is 16.8. The third kappa shape index (κ3) is 5.92. The van der Waals surface area contributed by atoms with Crippen LogP contribution in [-0.2, 0) is 6.42 Å². The number of likely N-dealkylation sites (tertiary alicyclic amines) is 1. The lowest BCUT2D eigenvalue weighted by molar-refractivity contribution is 0.112. The van der Waals surface area contributed by atoms with Crippen molar-refractivity contribution in [3.8, 4) is 0 Å². The summed E-state index contributed by atoms with van der Waals surface area (Å²) in [4.78, 5) is 2.43. The van der Waals surface area contributed by atoms with Crippen LogP contribution in [-0.4, -0.2) is 18.0 Å². The third-order valence-electron chi connectivity index (χ3n) is 6.43. The average Bonchev–Trinajstić information content (AvgIpc) is 2.74. The summed E-state index contributed by atoms with van der Waals surface area (Å²) in [6.07, 6.45) is 11.5. The van der Waals surface area contributed by atoms with E-state index >= 15 is 0 Å². The Morgan fingerprint density at radius 1 is 1.10 bits per heavy atom. The maximum Gasteiger partial charge on any atom is 0.0516 e. The van der Waals surface area contributed by atoms with Crippen LogP contribution in [0.5, 0.6) is 0 Å². The zero-order valence-corrected chi connectivity index (χ0v) is 19.1. The van der Waals surface area contributed by atoms with Gasteiger partial charge in [0.15, 0.2) is 0 Å². The molecular formula is C27H35ClN2. The molecule has 0 bridgehead atoms. The maximum absolute atomic E-state index is 6.71. The zero-order chi connectivity index (χ0) is 21.5. The molecule has 3 rings (SSSR count). The standard InChI is InChI=1S/C27H35ClN2/c1-5-26(22(4)30-16-15-24-13-9-10-14-25(24)19-30)27(28)18-21(3)29-20(2)17-23-11-7-6-8-12-23/h5-8,11-12,18,24-25,29H,2-4,9-10,13-17,19H2,1H3/b26-5-,27-18+. The highest BCUT2D eigenvalue weighted by Crippen LogP contribution is 2.38. The number of nitrogens with one attached hydrogen (secondary N) is 1. The number of nitrogens with zero attached hydrogens (tertiary/aromatic N) is 1. The van der Waals surface area contributed by atoms with Crippen molar-refractivity contribution in [2.75, 3.05) is 13.1 Å². The van der Waals surface area contributed by atoms with Crippen LogP contribution < -0.4 is 5.32 Å². The Balaban J connectivity index is 1.58. The second-order valence-corrected chi connectivity index (χ2v) is 9.00. The van der Waals surface area contributed by atoms with Crippen molar-refractivity contribution in [3.63, 3.8) is 0 Å². The first kappa shape index (κ1) is 22.5. The molecule has 30 heavy (non-hydrogen) atoms. The fourth-order valence-electron chi connectivity index (χ4n) is 4.84. The molecule has 1 aromatic rings. The number of hydrogen-bond acceptors (Lipinski definition) is 2. The second-order valence-electron chi connectivity index (χ2n) is 8.60. The van der Waals surface area contributed by atoms with E-state index in [2.05, 4.69) is 48.2 Å². The number of fused-ring (bicyclic) bond motifs is 1. The highest BCUT2D eigenvalue weighted by Gasteiger charge is 2.32. The first-order valence-corrected chi connectivity index (χ1v) is 11.5. The van der Waals surface area contributed by atoms with E-state index in [1.807, 2.05) is 31.2 Å². The molecule has 2 unspecified atom stereocenters. The first-order valence-electron chi connectivity index (χ1n) is 11.1. The molecule has 1 saturated heterocycles. The van der Waals surface area contributed by atoms with E-state index < -0.39 is 0 Å². The van der Waals surface area contributed by atoms with Gasteiger partial charge < -0.3 is 10.2 Å². The topological polar surface area (TPSA) is 15.3 Å². The molecule has 1 saturated carbocycles. The zero-order valence-electron chi connectivity index (χ0n) is 18.3. The summed E-state index contributed by atoms with van der Waals surface area (Å²) in [7, 11) is 0. The second kappa shape index (κ2) is 10.7. The molecule has 1 aliphatic heterocycles. The minimum Gasteiger partial charge on any atom is -0.371 e. The van der Waals surface area contributed by atoms with Crippen LogP contribution in [0.25, 0.3) is 0 Å². The first-order chi connectivity index (χ1) is 14.5. The molecule has 3 heteroatoms. The number of rotatable bonds is 8. The number of benzene rings is 1. The van der Waals surface area contributed by atoms with Gasteiger partial charge in [0.1, 0.15) is 0 Å². The largest absolute Gasteiger partial charge is 0.371 e. The number of allylic oxidation sites excluding steroid dienone is 4. The third-order valence-corrected chi connectivity index (χ3v) is 6.74. The van der Waals surface area contributed by atoms with Crippen LogP contribution in [0.2, 0.25) is 0 Å². The van der Waals surface area contributed by atoms with Gasteiger partial charge in [-0.2, -0.15) is 0 Å². The Kier molecular flexibility index (Phi) is 8.04. The van der Waals surface area contributed by atoms with Gasteiger partial charge in [0.05, 0.1) is 5.03 Å². The van der Waals surface area contributed by atoms with Crippen LogP contribution in [0.4, 0.5) is 0 Å². The van der Waals surface area contributed by atoms with Crippen LogP contribution in [0.15, 0.2) is 89.9 Å². The quantitative estimate of drug-likeness (QED) is 0.456. The predicted molar refractivity (Wildman–Crippen MR) is 130 cm³/mol. The summed E-state index contributed by atoms with van der Waals surface area (Å²) in [5, 5.41) is 3.94. The van der Waals surface area contributed by atoms with E-state index in [-0.39, 0.29) is 0 Å². The molecule has 0 aromatic heterocycles. The molecule has 2 nitrogen and oxygen atoms in total. The highest BCUT2D eigenvalue weighted by molar-refractivity contribution is 6.32. The fourth-order valence-corrected chi connectivity index (χ4v) is 5.19.